The summed E-state index contributed by atoms with van der Waals surface area (Å²) >= 11 is 2.04. The first-order valence-corrected chi connectivity index (χ1v) is 6.16. The van der Waals surface area contributed by atoms with Gasteiger partial charge in [0, 0.05) is 10.1 Å². The molecule has 2 rings (SSSR count). The lowest BCUT2D eigenvalue weighted by Crippen LogP contribution is -2.29. The number of aryl methyl sites for hydroxylation is 1. The summed E-state index contributed by atoms with van der Waals surface area (Å²) < 4.78 is 0. The molecule has 1 N–H and O–H groups in total. The monoisotopic (exact) mass is 243 g/mol. The van der Waals surface area contributed by atoms with Crippen molar-refractivity contribution in [2.75, 3.05) is 13.1 Å². The van der Waals surface area contributed by atoms with E-state index in [2.05, 4.69) is 36.5 Å². The highest BCUT2D eigenvalue weighted by atomic mass is 35.5. The topological polar surface area (TPSA) is 12.0 Å². The van der Waals surface area contributed by atoms with E-state index in [9.17, 15) is 0 Å². The van der Waals surface area contributed by atoms with Crippen molar-refractivity contribution in [3.05, 3.63) is 29.8 Å². The van der Waals surface area contributed by atoms with Crippen LogP contribution in [0.15, 0.2) is 29.2 Å². The first kappa shape index (κ1) is 12.9. The summed E-state index contributed by atoms with van der Waals surface area (Å²) in [7, 11) is 0. The minimum atomic E-state index is 0. The van der Waals surface area contributed by atoms with E-state index in [0.29, 0.717) is 0 Å². The molecule has 0 aliphatic carbocycles. The van der Waals surface area contributed by atoms with Gasteiger partial charge >= 0.3 is 0 Å². The second-order valence-corrected chi connectivity index (χ2v) is 5.26. The smallest absolute Gasteiger partial charge is 0.0118 e. The van der Waals surface area contributed by atoms with Crippen molar-refractivity contribution >= 4 is 24.2 Å². The van der Waals surface area contributed by atoms with Crippen LogP contribution in [0.25, 0.3) is 0 Å². The summed E-state index contributed by atoms with van der Waals surface area (Å²) in [5.74, 6) is 0. The van der Waals surface area contributed by atoms with Gasteiger partial charge in [0.1, 0.15) is 0 Å². The Kier molecular flexibility index (Phi) is 5.51. The fourth-order valence-electron chi connectivity index (χ4n) is 1.79. The maximum atomic E-state index is 3.40. The van der Waals surface area contributed by atoms with Crippen LogP contribution in [0, 0.1) is 6.92 Å². The standard InChI is InChI=1S/C12H17NS.ClH/c1-10-3-2-4-12(9-10)14-11-5-7-13-8-6-11;/h2-4,9,11,13H,5-8H2,1H3;1H. The van der Waals surface area contributed by atoms with Crippen LogP contribution in [0.5, 0.6) is 0 Å². The molecule has 3 heteroatoms. The van der Waals surface area contributed by atoms with Crippen LogP contribution in [-0.4, -0.2) is 18.3 Å². The summed E-state index contributed by atoms with van der Waals surface area (Å²) in [5, 5.41) is 4.22. The molecule has 1 saturated heterocycles. The highest BCUT2D eigenvalue weighted by Crippen LogP contribution is 2.28. The zero-order valence-electron chi connectivity index (χ0n) is 9.03. The quantitative estimate of drug-likeness (QED) is 0.856. The van der Waals surface area contributed by atoms with Gasteiger partial charge in [-0.1, -0.05) is 17.7 Å². The molecule has 0 amide bonds. The predicted octanol–water partition coefficient (Wildman–Crippen LogP) is 3.26. The van der Waals surface area contributed by atoms with E-state index in [1.54, 1.807) is 0 Å². The lowest BCUT2D eigenvalue weighted by Gasteiger charge is -2.22. The molecule has 15 heavy (non-hydrogen) atoms. The second kappa shape index (κ2) is 6.41. The van der Waals surface area contributed by atoms with Crippen LogP contribution in [-0.2, 0) is 0 Å². The predicted molar refractivity (Wildman–Crippen MR) is 70.2 cm³/mol. The number of piperidine rings is 1. The van der Waals surface area contributed by atoms with E-state index in [0.717, 1.165) is 5.25 Å². The molecule has 0 spiro atoms. The van der Waals surface area contributed by atoms with Gasteiger partial charge in [0.15, 0.2) is 0 Å². The maximum Gasteiger partial charge on any atom is 0.0118 e. The molecule has 0 atom stereocenters. The Bertz CT molecular complexity index is 297. The third kappa shape index (κ3) is 4.06. The summed E-state index contributed by atoms with van der Waals surface area (Å²) in [6, 6.07) is 8.82. The van der Waals surface area contributed by atoms with Gasteiger partial charge in [-0.15, -0.1) is 24.2 Å². The average Bonchev–Trinajstić information content (AvgIpc) is 2.19. The fourth-order valence-corrected chi connectivity index (χ4v) is 3.06. The molecule has 1 aliphatic rings. The molecule has 0 aromatic heterocycles. The van der Waals surface area contributed by atoms with E-state index in [4.69, 9.17) is 0 Å². The summed E-state index contributed by atoms with van der Waals surface area (Å²) in [5.41, 5.74) is 1.36. The van der Waals surface area contributed by atoms with Crippen molar-refractivity contribution in [3.63, 3.8) is 0 Å². The number of benzene rings is 1. The van der Waals surface area contributed by atoms with Gasteiger partial charge in [-0.2, -0.15) is 0 Å². The molecule has 1 aromatic rings. The minimum Gasteiger partial charge on any atom is -0.317 e. The molecule has 84 valence electrons. The van der Waals surface area contributed by atoms with Gasteiger partial charge < -0.3 is 5.32 Å². The molecule has 0 unspecified atom stereocenters. The van der Waals surface area contributed by atoms with Crippen molar-refractivity contribution in [2.45, 2.75) is 29.9 Å². The van der Waals surface area contributed by atoms with E-state index in [1.807, 2.05) is 11.8 Å². The van der Waals surface area contributed by atoms with E-state index < -0.39 is 0 Å². The van der Waals surface area contributed by atoms with Crippen LogP contribution < -0.4 is 5.32 Å². The third-order valence-corrected chi connectivity index (χ3v) is 3.91. The Hall–Kier alpha value is -0.180. The van der Waals surface area contributed by atoms with Crippen LogP contribution in [0.3, 0.4) is 0 Å². The van der Waals surface area contributed by atoms with Crippen LogP contribution in [0.1, 0.15) is 18.4 Å². The fraction of sp³-hybridized carbons (Fsp3) is 0.500. The van der Waals surface area contributed by atoms with Crippen LogP contribution in [0.2, 0.25) is 0 Å². The Labute approximate surface area is 102 Å². The van der Waals surface area contributed by atoms with Gasteiger partial charge in [0.2, 0.25) is 0 Å². The average molecular weight is 244 g/mol. The van der Waals surface area contributed by atoms with Crippen molar-refractivity contribution in [1.82, 2.24) is 5.32 Å². The van der Waals surface area contributed by atoms with Crippen LogP contribution in [0.4, 0.5) is 0 Å². The van der Waals surface area contributed by atoms with E-state index in [1.165, 1.54) is 36.4 Å². The Balaban J connectivity index is 0.00000112. The van der Waals surface area contributed by atoms with E-state index in [-0.39, 0.29) is 12.4 Å². The van der Waals surface area contributed by atoms with Gasteiger partial charge in [0.05, 0.1) is 0 Å². The molecule has 1 fully saturated rings. The minimum absolute atomic E-state index is 0. The second-order valence-electron chi connectivity index (χ2n) is 3.88. The summed E-state index contributed by atoms with van der Waals surface area (Å²) in [6.07, 6.45) is 2.61. The molecule has 1 nitrogen and oxygen atoms in total. The van der Waals surface area contributed by atoms with Crippen molar-refractivity contribution in [2.24, 2.45) is 0 Å². The summed E-state index contributed by atoms with van der Waals surface area (Å²) in [4.78, 5) is 1.43. The molecule has 1 aromatic carbocycles. The maximum absolute atomic E-state index is 3.40. The lowest BCUT2D eigenvalue weighted by molar-refractivity contribution is 0.531. The zero-order chi connectivity index (χ0) is 9.80. The summed E-state index contributed by atoms with van der Waals surface area (Å²) in [6.45, 7) is 4.53. The van der Waals surface area contributed by atoms with Crippen molar-refractivity contribution in [1.29, 1.82) is 0 Å². The number of rotatable bonds is 2. The lowest BCUT2D eigenvalue weighted by atomic mass is 10.2. The van der Waals surface area contributed by atoms with Crippen molar-refractivity contribution in [3.8, 4) is 0 Å². The number of hydrogen-bond acceptors (Lipinski definition) is 2. The molecule has 0 radical (unpaired) electrons. The normalized spacial score (nSPS) is 17.1. The van der Waals surface area contributed by atoms with Gasteiger partial charge in [-0.3, -0.25) is 0 Å². The van der Waals surface area contributed by atoms with Gasteiger partial charge in [0.25, 0.3) is 0 Å². The Morgan fingerprint density at radius 1 is 1.27 bits per heavy atom. The van der Waals surface area contributed by atoms with Gasteiger partial charge in [-0.05, 0) is 45.0 Å². The number of hydrogen-bond donors (Lipinski definition) is 1. The Morgan fingerprint density at radius 3 is 2.67 bits per heavy atom. The largest absolute Gasteiger partial charge is 0.317 e. The zero-order valence-corrected chi connectivity index (χ0v) is 10.7. The highest BCUT2D eigenvalue weighted by Gasteiger charge is 2.13. The van der Waals surface area contributed by atoms with Gasteiger partial charge in [-0.25, -0.2) is 0 Å². The third-order valence-electron chi connectivity index (χ3n) is 2.58. The molecular weight excluding hydrogens is 226 g/mol. The first-order valence-electron chi connectivity index (χ1n) is 5.28. The molecule has 1 heterocycles. The highest BCUT2D eigenvalue weighted by molar-refractivity contribution is 8.00. The first-order chi connectivity index (χ1) is 6.84. The number of nitrogens with one attached hydrogen (secondary N) is 1. The molecule has 0 saturated carbocycles. The molecular formula is C12H18ClNS. The van der Waals surface area contributed by atoms with E-state index >= 15 is 0 Å². The van der Waals surface area contributed by atoms with Crippen molar-refractivity contribution < 1.29 is 0 Å². The molecule has 1 aliphatic heterocycles. The number of thioether (sulfide) groups is 1. The SMILES string of the molecule is Cc1cccc(SC2CCNCC2)c1.Cl. The Morgan fingerprint density at radius 2 is 2.00 bits per heavy atom. The molecule has 0 bridgehead atoms. The number of halogens is 1. The van der Waals surface area contributed by atoms with Crippen LogP contribution >= 0.6 is 24.2 Å².